The van der Waals surface area contributed by atoms with E-state index >= 15 is 0 Å². The Morgan fingerprint density at radius 1 is 1.44 bits per heavy atom. The highest BCUT2D eigenvalue weighted by Gasteiger charge is 2.26. The molecule has 1 unspecified atom stereocenters. The molecule has 1 aromatic carbocycles. The number of rotatable bonds is 5. The molecule has 0 amide bonds. The summed E-state index contributed by atoms with van der Waals surface area (Å²) < 4.78 is 5.41. The maximum Gasteiger partial charge on any atom is 0.218 e. The molecular formula is C13H15N3OS. The van der Waals surface area contributed by atoms with E-state index in [1.54, 1.807) is 6.08 Å². The molecule has 94 valence electrons. The predicted molar refractivity (Wildman–Crippen MR) is 74.7 cm³/mol. The van der Waals surface area contributed by atoms with Gasteiger partial charge in [0.15, 0.2) is 6.17 Å². The van der Waals surface area contributed by atoms with Gasteiger partial charge >= 0.3 is 0 Å². The van der Waals surface area contributed by atoms with Crippen LogP contribution in [0.1, 0.15) is 18.7 Å². The lowest BCUT2D eigenvalue weighted by atomic mass is 10.1. The average Bonchev–Trinajstić information content (AvgIpc) is 2.73. The van der Waals surface area contributed by atoms with E-state index in [9.17, 15) is 0 Å². The minimum Gasteiger partial charge on any atom is -0.494 e. The predicted octanol–water partition coefficient (Wildman–Crippen LogP) is 3.32. The monoisotopic (exact) mass is 261 g/mol. The van der Waals surface area contributed by atoms with Crippen molar-refractivity contribution in [3.05, 3.63) is 42.5 Å². The van der Waals surface area contributed by atoms with Crippen molar-refractivity contribution >= 4 is 17.3 Å². The van der Waals surface area contributed by atoms with Crippen LogP contribution in [-0.2, 0) is 0 Å². The summed E-state index contributed by atoms with van der Waals surface area (Å²) in [6.45, 7) is 6.99. The first-order valence-electron chi connectivity index (χ1n) is 5.81. The van der Waals surface area contributed by atoms with Gasteiger partial charge in [-0.05, 0) is 36.8 Å². The summed E-state index contributed by atoms with van der Waals surface area (Å²) in [5.74, 6) is 0.856. The van der Waals surface area contributed by atoms with Gasteiger partial charge in [-0.15, -0.1) is 11.7 Å². The molecule has 0 fully saturated rings. The highest BCUT2D eigenvalue weighted by atomic mass is 32.1. The lowest BCUT2D eigenvalue weighted by Gasteiger charge is -2.21. The number of ether oxygens (including phenoxy) is 1. The number of hydrogen-bond donors (Lipinski definition) is 0. The highest BCUT2D eigenvalue weighted by molar-refractivity contribution is 7.80. The lowest BCUT2D eigenvalue weighted by molar-refractivity contribution is 0.339. The Kier molecular flexibility index (Phi) is 4.04. The standard InChI is InChI=1S/C13H15N3OS/c1-3-9-16-12(14-15-13(16)18)10-5-7-11(8-6-10)17-4-2/h3,5-8,12H,1,4,9H2,2H3. The van der Waals surface area contributed by atoms with Gasteiger partial charge < -0.3 is 9.64 Å². The van der Waals surface area contributed by atoms with Gasteiger partial charge in [-0.2, -0.15) is 5.11 Å². The second-order valence-electron chi connectivity index (χ2n) is 3.81. The first kappa shape index (κ1) is 12.7. The van der Waals surface area contributed by atoms with E-state index in [-0.39, 0.29) is 6.17 Å². The van der Waals surface area contributed by atoms with Gasteiger partial charge in [0.05, 0.1) is 6.61 Å². The average molecular weight is 261 g/mol. The van der Waals surface area contributed by atoms with E-state index < -0.39 is 0 Å². The minimum atomic E-state index is -0.147. The fourth-order valence-electron chi connectivity index (χ4n) is 1.79. The van der Waals surface area contributed by atoms with Crippen molar-refractivity contribution in [1.82, 2.24) is 4.90 Å². The van der Waals surface area contributed by atoms with Crippen LogP contribution < -0.4 is 4.74 Å². The molecule has 0 saturated heterocycles. The quantitative estimate of drug-likeness (QED) is 0.602. The Hall–Kier alpha value is -1.75. The van der Waals surface area contributed by atoms with E-state index in [0.29, 0.717) is 18.3 Å². The third-order valence-corrected chi connectivity index (χ3v) is 2.92. The Labute approximate surface area is 112 Å². The SMILES string of the molecule is C=CCN1C(=S)N=NC1c1ccc(OCC)cc1. The largest absolute Gasteiger partial charge is 0.494 e. The molecule has 0 radical (unpaired) electrons. The molecule has 2 rings (SSSR count). The molecule has 1 atom stereocenters. The molecular weight excluding hydrogens is 246 g/mol. The van der Waals surface area contributed by atoms with Crippen LogP contribution in [0, 0.1) is 0 Å². The zero-order valence-electron chi connectivity index (χ0n) is 10.2. The zero-order chi connectivity index (χ0) is 13.0. The van der Waals surface area contributed by atoms with Crippen molar-refractivity contribution in [1.29, 1.82) is 0 Å². The third-order valence-electron chi connectivity index (χ3n) is 2.61. The summed E-state index contributed by atoms with van der Waals surface area (Å²) in [5, 5.41) is 8.65. The summed E-state index contributed by atoms with van der Waals surface area (Å²) in [5.41, 5.74) is 1.05. The molecule has 4 nitrogen and oxygen atoms in total. The van der Waals surface area contributed by atoms with Crippen LogP contribution >= 0.6 is 12.2 Å². The fraction of sp³-hybridized carbons (Fsp3) is 0.308. The normalized spacial score (nSPS) is 18.2. The number of nitrogens with zero attached hydrogens (tertiary/aromatic N) is 3. The molecule has 0 N–H and O–H groups in total. The second kappa shape index (κ2) is 5.73. The summed E-state index contributed by atoms with van der Waals surface area (Å²) >= 11 is 5.14. The van der Waals surface area contributed by atoms with Gasteiger partial charge in [0.2, 0.25) is 5.11 Å². The van der Waals surface area contributed by atoms with Crippen molar-refractivity contribution in [2.75, 3.05) is 13.2 Å². The highest BCUT2D eigenvalue weighted by Crippen LogP contribution is 2.29. The summed E-state index contributed by atoms with van der Waals surface area (Å²) in [6.07, 6.45) is 1.65. The Balaban J connectivity index is 2.17. The van der Waals surface area contributed by atoms with Crippen LogP contribution in [-0.4, -0.2) is 23.2 Å². The molecule has 0 aliphatic carbocycles. The van der Waals surface area contributed by atoms with Crippen LogP contribution in [0.3, 0.4) is 0 Å². The molecule has 1 heterocycles. The number of hydrogen-bond acceptors (Lipinski definition) is 3. The van der Waals surface area contributed by atoms with E-state index in [2.05, 4.69) is 16.8 Å². The van der Waals surface area contributed by atoms with Crippen molar-refractivity contribution in [3.63, 3.8) is 0 Å². The maximum atomic E-state index is 5.41. The van der Waals surface area contributed by atoms with Crippen LogP contribution in [0.25, 0.3) is 0 Å². The second-order valence-corrected chi connectivity index (χ2v) is 4.18. The molecule has 0 aromatic heterocycles. The molecule has 1 aromatic rings. The zero-order valence-corrected chi connectivity index (χ0v) is 11.1. The van der Waals surface area contributed by atoms with E-state index in [1.807, 2.05) is 36.1 Å². The van der Waals surface area contributed by atoms with Crippen molar-refractivity contribution in [2.24, 2.45) is 10.2 Å². The smallest absolute Gasteiger partial charge is 0.218 e. The van der Waals surface area contributed by atoms with E-state index in [1.165, 1.54) is 0 Å². The number of azo groups is 1. The van der Waals surface area contributed by atoms with Crippen molar-refractivity contribution < 1.29 is 4.74 Å². The third kappa shape index (κ3) is 2.56. The van der Waals surface area contributed by atoms with E-state index in [4.69, 9.17) is 17.0 Å². The first-order valence-corrected chi connectivity index (χ1v) is 6.22. The Morgan fingerprint density at radius 2 is 2.17 bits per heavy atom. The minimum absolute atomic E-state index is 0.147. The Morgan fingerprint density at radius 3 is 2.78 bits per heavy atom. The maximum absolute atomic E-state index is 5.41. The molecule has 18 heavy (non-hydrogen) atoms. The summed E-state index contributed by atoms with van der Waals surface area (Å²) in [4.78, 5) is 1.93. The molecule has 0 bridgehead atoms. The molecule has 0 spiro atoms. The topological polar surface area (TPSA) is 37.2 Å². The van der Waals surface area contributed by atoms with Gasteiger partial charge in [0, 0.05) is 6.54 Å². The van der Waals surface area contributed by atoms with Crippen LogP contribution in [0.4, 0.5) is 0 Å². The summed E-state index contributed by atoms with van der Waals surface area (Å²) in [7, 11) is 0. The first-order chi connectivity index (χ1) is 8.76. The van der Waals surface area contributed by atoms with Gasteiger partial charge in [-0.25, -0.2) is 0 Å². The summed E-state index contributed by atoms with van der Waals surface area (Å²) in [6, 6.07) is 7.83. The van der Waals surface area contributed by atoms with Gasteiger partial charge in [-0.3, -0.25) is 0 Å². The van der Waals surface area contributed by atoms with Crippen LogP contribution in [0.5, 0.6) is 5.75 Å². The number of thiocarbonyl (C=S) groups is 1. The molecule has 0 saturated carbocycles. The van der Waals surface area contributed by atoms with Gasteiger partial charge in [0.1, 0.15) is 5.75 Å². The number of benzene rings is 1. The van der Waals surface area contributed by atoms with E-state index in [0.717, 1.165) is 11.3 Å². The van der Waals surface area contributed by atoms with Gasteiger partial charge in [0.25, 0.3) is 0 Å². The van der Waals surface area contributed by atoms with Crippen molar-refractivity contribution in [2.45, 2.75) is 13.1 Å². The Bertz CT molecular complexity index is 470. The van der Waals surface area contributed by atoms with Gasteiger partial charge in [-0.1, -0.05) is 18.2 Å². The fourth-order valence-corrected chi connectivity index (χ4v) is 2.02. The molecule has 1 aliphatic heterocycles. The van der Waals surface area contributed by atoms with Crippen LogP contribution in [0.2, 0.25) is 0 Å². The van der Waals surface area contributed by atoms with Crippen LogP contribution in [0.15, 0.2) is 47.1 Å². The van der Waals surface area contributed by atoms with Crippen molar-refractivity contribution in [3.8, 4) is 5.75 Å². The molecule has 1 aliphatic rings. The lowest BCUT2D eigenvalue weighted by Crippen LogP contribution is -2.27. The molecule has 5 heteroatoms.